The standard InChI is InChI=1S/C19H28O9/c1-11(15(20)14-9-23-28-14)16(21)25-12(2)24-13(3)26-17(22)27-19(7,8)10-18(4,5)6/h9,12-13H,1,10H2,2-8H3. The zero-order chi connectivity index (χ0) is 21.7. The fourth-order valence-corrected chi connectivity index (χ4v) is 2.67. The van der Waals surface area contributed by atoms with Crippen molar-refractivity contribution in [3.8, 4) is 0 Å². The van der Waals surface area contributed by atoms with Crippen LogP contribution in [0.15, 0.2) is 27.6 Å². The van der Waals surface area contributed by atoms with Crippen LogP contribution in [0.4, 0.5) is 4.79 Å². The van der Waals surface area contributed by atoms with Crippen molar-refractivity contribution in [3.05, 3.63) is 24.2 Å². The predicted octanol–water partition coefficient (Wildman–Crippen LogP) is 4.23. The highest BCUT2D eigenvalue weighted by atomic mass is 17.0. The van der Waals surface area contributed by atoms with Gasteiger partial charge in [-0.2, -0.15) is 0 Å². The van der Waals surface area contributed by atoms with Crippen molar-refractivity contribution in [3.63, 3.8) is 0 Å². The van der Waals surface area contributed by atoms with Crippen LogP contribution in [-0.4, -0.2) is 36.1 Å². The maximum absolute atomic E-state index is 11.9. The van der Waals surface area contributed by atoms with E-state index in [1.807, 2.05) is 20.8 Å². The van der Waals surface area contributed by atoms with Crippen LogP contribution in [0.1, 0.15) is 65.4 Å². The van der Waals surface area contributed by atoms with E-state index in [2.05, 4.69) is 15.7 Å². The highest BCUT2D eigenvalue weighted by Crippen LogP contribution is 2.29. The minimum Gasteiger partial charge on any atom is -0.432 e. The second kappa shape index (κ2) is 9.09. The molecule has 0 fully saturated rings. The second-order valence-electron chi connectivity index (χ2n) is 8.11. The third-order valence-electron chi connectivity index (χ3n) is 3.27. The van der Waals surface area contributed by atoms with Gasteiger partial charge in [-0.1, -0.05) is 27.4 Å². The molecule has 2 unspecified atom stereocenters. The Kier molecular flexibility index (Phi) is 7.63. The number of rotatable bonds is 9. The van der Waals surface area contributed by atoms with Crippen molar-refractivity contribution >= 4 is 17.9 Å². The molecule has 0 radical (unpaired) electrons. The van der Waals surface area contributed by atoms with Gasteiger partial charge in [-0.3, -0.25) is 13.9 Å². The van der Waals surface area contributed by atoms with Gasteiger partial charge in [0, 0.05) is 0 Å². The molecule has 0 bridgehead atoms. The number of ketones is 1. The number of hydrogen-bond donors (Lipinski definition) is 0. The molecule has 1 aromatic heterocycles. The monoisotopic (exact) mass is 400 g/mol. The van der Waals surface area contributed by atoms with E-state index >= 15 is 0 Å². The summed E-state index contributed by atoms with van der Waals surface area (Å²) in [6.45, 7) is 15.8. The first kappa shape index (κ1) is 23.5. The average molecular weight is 400 g/mol. The summed E-state index contributed by atoms with van der Waals surface area (Å²) >= 11 is 0. The van der Waals surface area contributed by atoms with Crippen LogP contribution in [0, 0.1) is 5.41 Å². The Morgan fingerprint density at radius 2 is 1.61 bits per heavy atom. The smallest absolute Gasteiger partial charge is 0.432 e. The van der Waals surface area contributed by atoms with E-state index < -0.39 is 41.7 Å². The van der Waals surface area contributed by atoms with Crippen LogP contribution in [-0.2, 0) is 23.7 Å². The first-order valence-corrected chi connectivity index (χ1v) is 8.73. The summed E-state index contributed by atoms with van der Waals surface area (Å²) < 4.78 is 29.2. The van der Waals surface area contributed by atoms with Crippen LogP contribution >= 0.6 is 0 Å². The third-order valence-corrected chi connectivity index (χ3v) is 3.27. The van der Waals surface area contributed by atoms with Crippen LogP contribution in [0.2, 0.25) is 0 Å². The first-order chi connectivity index (χ1) is 12.7. The minimum atomic E-state index is -1.12. The summed E-state index contributed by atoms with van der Waals surface area (Å²) in [5, 5.41) is 0. The molecule has 0 N–H and O–H groups in total. The molecule has 0 aliphatic heterocycles. The predicted molar refractivity (Wildman–Crippen MR) is 96.3 cm³/mol. The molecule has 1 heterocycles. The Morgan fingerprint density at radius 1 is 1.07 bits per heavy atom. The maximum atomic E-state index is 11.9. The molecule has 9 heteroatoms. The number of carbonyl (C=O) groups excluding carboxylic acids is 3. The lowest BCUT2D eigenvalue weighted by atomic mass is 9.84. The quantitative estimate of drug-likeness (QED) is 0.114. The molecule has 0 spiro atoms. The van der Waals surface area contributed by atoms with Crippen LogP contribution < -0.4 is 0 Å². The average Bonchev–Trinajstić information content (AvgIpc) is 2.39. The van der Waals surface area contributed by atoms with Gasteiger partial charge >= 0.3 is 12.1 Å². The van der Waals surface area contributed by atoms with Crippen molar-refractivity contribution in [2.75, 3.05) is 0 Å². The highest BCUT2D eigenvalue weighted by Gasteiger charge is 2.31. The molecule has 0 amide bonds. The Balaban J connectivity index is 2.44. The van der Waals surface area contributed by atoms with Crippen molar-refractivity contribution < 1.29 is 42.5 Å². The molecule has 0 saturated heterocycles. The zero-order valence-corrected chi connectivity index (χ0v) is 17.3. The van der Waals surface area contributed by atoms with Crippen molar-refractivity contribution in [1.82, 2.24) is 0 Å². The number of esters is 1. The molecule has 2 atom stereocenters. The molecule has 0 aliphatic rings. The van der Waals surface area contributed by atoms with Gasteiger partial charge in [0.2, 0.25) is 18.4 Å². The van der Waals surface area contributed by atoms with Crippen LogP contribution in [0.5, 0.6) is 0 Å². The van der Waals surface area contributed by atoms with Gasteiger partial charge in [0.1, 0.15) is 11.2 Å². The van der Waals surface area contributed by atoms with E-state index in [4.69, 9.17) is 18.9 Å². The molecule has 9 nitrogen and oxygen atoms in total. The first-order valence-electron chi connectivity index (χ1n) is 8.73. The Labute approximate surface area is 163 Å². The summed E-state index contributed by atoms with van der Waals surface area (Å²) in [6, 6.07) is 0. The lowest BCUT2D eigenvalue weighted by Crippen LogP contribution is -2.35. The zero-order valence-electron chi connectivity index (χ0n) is 17.3. The van der Waals surface area contributed by atoms with E-state index in [1.54, 1.807) is 13.8 Å². The Morgan fingerprint density at radius 3 is 2.07 bits per heavy atom. The Bertz CT molecular complexity index is 693. The lowest BCUT2D eigenvalue weighted by Gasteiger charge is -2.32. The Hall–Kier alpha value is -2.55. The summed E-state index contributed by atoms with van der Waals surface area (Å²) in [7, 11) is 0. The number of ether oxygens (including phenoxy) is 4. The van der Waals surface area contributed by atoms with Crippen LogP contribution in [0.25, 0.3) is 0 Å². The molecule has 1 rings (SSSR count). The van der Waals surface area contributed by atoms with E-state index in [0.717, 1.165) is 6.26 Å². The van der Waals surface area contributed by atoms with Gasteiger partial charge in [0.25, 0.3) is 5.76 Å². The molecule has 0 aliphatic carbocycles. The van der Waals surface area contributed by atoms with Crippen LogP contribution in [0.3, 0.4) is 0 Å². The second-order valence-corrected chi connectivity index (χ2v) is 8.11. The fourth-order valence-electron chi connectivity index (χ4n) is 2.67. The van der Waals surface area contributed by atoms with Gasteiger partial charge in [0.15, 0.2) is 6.26 Å². The summed E-state index contributed by atoms with van der Waals surface area (Å²) in [5.41, 5.74) is -1.23. The van der Waals surface area contributed by atoms with Crippen molar-refractivity contribution in [2.45, 2.75) is 73.1 Å². The van der Waals surface area contributed by atoms with Crippen molar-refractivity contribution in [2.24, 2.45) is 5.41 Å². The van der Waals surface area contributed by atoms with E-state index in [-0.39, 0.29) is 11.2 Å². The summed E-state index contributed by atoms with van der Waals surface area (Å²) in [6.07, 6.45) is -1.43. The number of Topliss-reactive ketones (excluding diaryl/α,β-unsaturated/α-hetero) is 1. The van der Waals surface area contributed by atoms with Gasteiger partial charge in [0.05, 0.1) is 0 Å². The number of carbonyl (C=O) groups is 3. The lowest BCUT2D eigenvalue weighted by molar-refractivity contribution is -0.218. The maximum Gasteiger partial charge on any atom is 0.511 e. The topological polar surface area (TPSA) is 114 Å². The van der Waals surface area contributed by atoms with Gasteiger partial charge in [-0.15, -0.1) is 0 Å². The highest BCUT2D eigenvalue weighted by molar-refractivity contribution is 6.22. The SMILES string of the molecule is C=C(C(=O)OC(C)OC(C)OC(=O)OC(C)(C)CC(C)(C)C)C(=O)c1coo1. The van der Waals surface area contributed by atoms with E-state index in [9.17, 15) is 14.4 Å². The molecule has 0 aromatic carbocycles. The third kappa shape index (κ3) is 7.99. The molecule has 158 valence electrons. The summed E-state index contributed by atoms with van der Waals surface area (Å²) in [5.74, 6) is -1.93. The van der Waals surface area contributed by atoms with E-state index in [1.165, 1.54) is 13.8 Å². The van der Waals surface area contributed by atoms with E-state index in [0.29, 0.717) is 6.42 Å². The molecule has 1 aromatic rings. The van der Waals surface area contributed by atoms with Crippen molar-refractivity contribution in [1.29, 1.82) is 0 Å². The van der Waals surface area contributed by atoms with Gasteiger partial charge < -0.3 is 18.9 Å². The van der Waals surface area contributed by atoms with Gasteiger partial charge in [-0.05, 0) is 39.5 Å². The fraction of sp³-hybridized carbons (Fsp3) is 0.632. The molecule has 28 heavy (non-hydrogen) atoms. The molecular formula is C19H28O9. The summed E-state index contributed by atoms with van der Waals surface area (Å²) in [4.78, 5) is 35.6. The molecule has 0 saturated carbocycles. The normalized spacial score (nSPS) is 14.1. The minimum absolute atomic E-state index is 0.0405. The molecular weight excluding hydrogens is 372 g/mol. The number of hydrogen-bond acceptors (Lipinski definition) is 9. The van der Waals surface area contributed by atoms with Gasteiger partial charge in [-0.25, -0.2) is 9.59 Å². The largest absolute Gasteiger partial charge is 0.511 e.